The van der Waals surface area contributed by atoms with E-state index >= 15 is 0 Å². The van der Waals surface area contributed by atoms with Crippen molar-refractivity contribution in [1.82, 2.24) is 4.90 Å². The van der Waals surface area contributed by atoms with Gasteiger partial charge in [-0.3, -0.25) is 10.6 Å². The van der Waals surface area contributed by atoms with Gasteiger partial charge in [0.15, 0.2) is 0 Å². The van der Waals surface area contributed by atoms with E-state index in [9.17, 15) is 9.59 Å². The van der Waals surface area contributed by atoms with E-state index in [2.05, 4.69) is 50.2 Å². The third-order valence-electron chi connectivity index (χ3n) is 5.06. The Bertz CT molecular complexity index is 743. The van der Waals surface area contributed by atoms with Gasteiger partial charge in [-0.05, 0) is 36.5 Å². The minimum Gasteiger partial charge on any atom is -0.449 e. The molecule has 0 aliphatic carbocycles. The van der Waals surface area contributed by atoms with Crippen molar-refractivity contribution < 1.29 is 19.1 Å². The maximum absolute atomic E-state index is 12.2. The lowest BCUT2D eigenvalue weighted by atomic mass is 9.92. The SMILES string of the molecule is CC.CCC.CCC(C)(C)COC(=O)Nc1cc(NC(=O)OCC(C)(C)CN2CC2)ccc1C. The first-order chi connectivity index (χ1) is 15.9. The van der Waals surface area contributed by atoms with Crippen molar-refractivity contribution in [3.8, 4) is 0 Å². The van der Waals surface area contributed by atoms with Gasteiger partial charge in [0, 0.05) is 36.4 Å². The summed E-state index contributed by atoms with van der Waals surface area (Å²) in [5.41, 5.74) is 1.85. The van der Waals surface area contributed by atoms with Crippen molar-refractivity contribution in [3.63, 3.8) is 0 Å². The zero-order valence-corrected chi connectivity index (χ0v) is 23.3. The quantitative estimate of drug-likeness (QED) is 0.363. The van der Waals surface area contributed by atoms with E-state index in [0.29, 0.717) is 24.6 Å². The Hall–Kier alpha value is -2.28. The monoisotopic (exact) mass is 479 g/mol. The smallest absolute Gasteiger partial charge is 0.411 e. The Morgan fingerprint density at radius 2 is 1.41 bits per heavy atom. The molecule has 1 aromatic carbocycles. The third kappa shape index (κ3) is 14.1. The molecule has 7 heteroatoms. The molecule has 1 heterocycles. The van der Waals surface area contributed by atoms with Gasteiger partial charge >= 0.3 is 12.2 Å². The molecule has 0 unspecified atom stereocenters. The molecule has 0 atom stereocenters. The zero-order valence-electron chi connectivity index (χ0n) is 23.3. The molecule has 0 aromatic heterocycles. The molecule has 1 aromatic rings. The van der Waals surface area contributed by atoms with Crippen molar-refractivity contribution in [3.05, 3.63) is 23.8 Å². The van der Waals surface area contributed by atoms with Crippen LogP contribution in [0.1, 0.15) is 80.7 Å². The number of hydrogen-bond acceptors (Lipinski definition) is 5. The number of anilines is 2. The number of rotatable bonds is 9. The largest absolute Gasteiger partial charge is 0.449 e. The van der Waals surface area contributed by atoms with Gasteiger partial charge in [0.05, 0.1) is 13.2 Å². The molecular formula is C27H49N3O4. The Balaban J connectivity index is 0.00000201. The van der Waals surface area contributed by atoms with E-state index in [4.69, 9.17) is 9.47 Å². The van der Waals surface area contributed by atoms with E-state index < -0.39 is 12.2 Å². The highest BCUT2D eigenvalue weighted by Crippen LogP contribution is 2.24. The molecule has 196 valence electrons. The van der Waals surface area contributed by atoms with Crippen LogP contribution in [0, 0.1) is 17.8 Å². The number of nitrogens with one attached hydrogen (secondary N) is 2. The van der Waals surface area contributed by atoms with Crippen molar-refractivity contribution in [2.45, 2.75) is 82.1 Å². The average molecular weight is 480 g/mol. The third-order valence-corrected chi connectivity index (χ3v) is 5.06. The number of benzene rings is 1. The van der Waals surface area contributed by atoms with Crippen LogP contribution in [0.15, 0.2) is 18.2 Å². The minimum atomic E-state index is -0.508. The number of amides is 2. The highest BCUT2D eigenvalue weighted by atomic mass is 16.6. The molecule has 0 saturated carbocycles. The van der Waals surface area contributed by atoms with E-state index in [-0.39, 0.29) is 10.8 Å². The summed E-state index contributed by atoms with van der Waals surface area (Å²) in [6.07, 6.45) is 1.15. The maximum Gasteiger partial charge on any atom is 0.411 e. The Morgan fingerprint density at radius 1 is 0.912 bits per heavy atom. The number of ether oxygens (including phenoxy) is 2. The Kier molecular flexibility index (Phi) is 14.5. The fourth-order valence-corrected chi connectivity index (χ4v) is 2.64. The summed E-state index contributed by atoms with van der Waals surface area (Å²) < 4.78 is 10.7. The van der Waals surface area contributed by atoms with Crippen LogP contribution >= 0.6 is 0 Å². The maximum atomic E-state index is 12.2. The molecule has 2 amide bonds. The lowest BCUT2D eigenvalue weighted by Gasteiger charge is -2.24. The van der Waals surface area contributed by atoms with Crippen LogP contribution in [0.5, 0.6) is 0 Å². The predicted octanol–water partition coefficient (Wildman–Crippen LogP) is 7.31. The first-order valence-corrected chi connectivity index (χ1v) is 12.6. The lowest BCUT2D eigenvalue weighted by Crippen LogP contribution is -2.30. The molecule has 7 nitrogen and oxygen atoms in total. The second-order valence-electron chi connectivity index (χ2n) is 10.1. The molecule has 2 rings (SSSR count). The van der Waals surface area contributed by atoms with Crippen LogP contribution in [-0.4, -0.2) is 49.9 Å². The Morgan fingerprint density at radius 3 is 1.91 bits per heavy atom. The highest BCUT2D eigenvalue weighted by molar-refractivity contribution is 5.89. The van der Waals surface area contributed by atoms with Crippen LogP contribution in [0.3, 0.4) is 0 Å². The number of nitrogens with zero attached hydrogens (tertiary/aromatic N) is 1. The van der Waals surface area contributed by atoms with Gasteiger partial charge in [0.25, 0.3) is 0 Å². The summed E-state index contributed by atoms with van der Waals surface area (Å²) in [5.74, 6) is 0. The minimum absolute atomic E-state index is 0.0656. The second-order valence-corrected chi connectivity index (χ2v) is 10.1. The standard InChI is InChI=1S/C22H35N3O4.C3H8.C2H6/c1-7-21(3,4)14-28-20(27)24-18-12-17(9-8-16(18)2)23-19(26)29-15-22(5,6)13-25-10-11-25;1-3-2;1-2/h8-9,12H,7,10-11,13-15H2,1-6H3,(H,23,26)(H,24,27);3H2,1-2H3;1-2H3. The Labute approximate surface area is 208 Å². The number of hydrogen-bond donors (Lipinski definition) is 2. The lowest BCUT2D eigenvalue weighted by molar-refractivity contribution is 0.102. The summed E-state index contributed by atoms with van der Waals surface area (Å²) in [5, 5.41) is 5.47. The van der Waals surface area contributed by atoms with Crippen molar-refractivity contribution in [2.24, 2.45) is 10.8 Å². The van der Waals surface area contributed by atoms with Crippen LogP contribution in [0.25, 0.3) is 0 Å². The molecule has 2 N–H and O–H groups in total. The summed E-state index contributed by atoms with van der Waals surface area (Å²) in [6.45, 7) is 24.3. The van der Waals surface area contributed by atoms with Crippen LogP contribution < -0.4 is 10.6 Å². The molecular weight excluding hydrogens is 430 g/mol. The molecule has 34 heavy (non-hydrogen) atoms. The van der Waals surface area contributed by atoms with Crippen LogP contribution in [-0.2, 0) is 9.47 Å². The molecule has 0 radical (unpaired) electrons. The van der Waals surface area contributed by atoms with Crippen molar-refractivity contribution >= 4 is 23.6 Å². The number of carbonyl (C=O) groups is 2. The van der Waals surface area contributed by atoms with E-state index in [1.165, 1.54) is 6.42 Å². The second kappa shape index (κ2) is 15.6. The van der Waals surface area contributed by atoms with Crippen molar-refractivity contribution in [2.75, 3.05) is 43.5 Å². The summed E-state index contributed by atoms with van der Waals surface area (Å²) in [6, 6.07) is 5.30. The van der Waals surface area contributed by atoms with Gasteiger partial charge in [-0.2, -0.15) is 0 Å². The molecule has 1 aliphatic rings. The zero-order chi connectivity index (χ0) is 26.4. The first-order valence-electron chi connectivity index (χ1n) is 12.6. The molecule has 0 spiro atoms. The predicted molar refractivity (Wildman–Crippen MR) is 143 cm³/mol. The number of aryl methyl sites for hydroxylation is 1. The van der Waals surface area contributed by atoms with Gasteiger partial charge in [0.1, 0.15) is 0 Å². The van der Waals surface area contributed by atoms with Gasteiger partial charge in [-0.15, -0.1) is 0 Å². The normalized spacial score (nSPS) is 12.9. The summed E-state index contributed by atoms with van der Waals surface area (Å²) in [7, 11) is 0. The van der Waals surface area contributed by atoms with Gasteiger partial charge < -0.3 is 14.4 Å². The molecule has 0 bridgehead atoms. The van der Waals surface area contributed by atoms with Crippen LogP contribution in [0.2, 0.25) is 0 Å². The van der Waals surface area contributed by atoms with Gasteiger partial charge in [0.2, 0.25) is 0 Å². The highest BCUT2D eigenvalue weighted by Gasteiger charge is 2.28. The first kappa shape index (κ1) is 31.7. The fourth-order valence-electron chi connectivity index (χ4n) is 2.64. The molecule has 1 saturated heterocycles. The van der Waals surface area contributed by atoms with Gasteiger partial charge in [-0.25, -0.2) is 9.59 Å². The van der Waals surface area contributed by atoms with Crippen molar-refractivity contribution in [1.29, 1.82) is 0 Å². The summed E-state index contributed by atoms with van der Waals surface area (Å²) >= 11 is 0. The van der Waals surface area contributed by atoms with E-state index in [0.717, 1.165) is 31.6 Å². The molecule has 1 aliphatic heterocycles. The fraction of sp³-hybridized carbons (Fsp3) is 0.704. The number of carbonyl (C=O) groups excluding carboxylic acids is 2. The molecule has 1 fully saturated rings. The summed E-state index contributed by atoms with van der Waals surface area (Å²) in [4.78, 5) is 26.6. The van der Waals surface area contributed by atoms with Crippen LogP contribution in [0.4, 0.5) is 21.0 Å². The van der Waals surface area contributed by atoms with E-state index in [1.807, 2.05) is 40.7 Å². The van der Waals surface area contributed by atoms with Gasteiger partial charge in [-0.1, -0.05) is 74.8 Å². The van der Waals surface area contributed by atoms with E-state index in [1.54, 1.807) is 12.1 Å². The topological polar surface area (TPSA) is 79.7 Å². The average Bonchev–Trinajstić information content (AvgIpc) is 3.59.